The molecule has 3 rings (SSSR count). The molecule has 0 spiro atoms. The van der Waals surface area contributed by atoms with Crippen LogP contribution in [0.3, 0.4) is 0 Å². The predicted molar refractivity (Wildman–Crippen MR) is 90.7 cm³/mol. The molecule has 1 aliphatic carbocycles. The Morgan fingerprint density at radius 1 is 1.14 bits per heavy atom. The van der Waals surface area contributed by atoms with Crippen LogP contribution in [-0.4, -0.2) is 17.3 Å². The van der Waals surface area contributed by atoms with Crippen molar-refractivity contribution >= 4 is 32.6 Å². The second-order valence-electron chi connectivity index (χ2n) is 5.83. The lowest BCUT2D eigenvalue weighted by atomic mass is 10.0. The van der Waals surface area contributed by atoms with Gasteiger partial charge in [0.25, 0.3) is 0 Å². The number of carbonyl (C=O) groups is 1. The Bertz CT molecular complexity index is 635. The molecule has 0 radical (unpaired) electrons. The standard InChI is InChI=1S/C18H20BrNO/c19-17-10-4-8-15(17)12-20-18(21)11-14-7-3-6-13-5-1-2-9-16(13)14/h1-3,5-7,9,15,17H,4,8,10-12H2,(H,20,21). The first-order chi connectivity index (χ1) is 10.2. The van der Waals surface area contributed by atoms with Crippen LogP contribution in [0.15, 0.2) is 42.5 Å². The summed E-state index contributed by atoms with van der Waals surface area (Å²) in [6.45, 7) is 0.791. The van der Waals surface area contributed by atoms with Gasteiger partial charge < -0.3 is 5.32 Å². The minimum Gasteiger partial charge on any atom is -0.355 e. The largest absolute Gasteiger partial charge is 0.355 e. The SMILES string of the molecule is O=C(Cc1cccc2ccccc12)NCC1CCCC1Br. The number of nitrogens with one attached hydrogen (secondary N) is 1. The van der Waals surface area contributed by atoms with Gasteiger partial charge in [-0.15, -0.1) is 0 Å². The molecule has 0 heterocycles. The summed E-state index contributed by atoms with van der Waals surface area (Å²) in [7, 11) is 0. The van der Waals surface area contributed by atoms with E-state index in [-0.39, 0.29) is 5.91 Å². The van der Waals surface area contributed by atoms with E-state index < -0.39 is 0 Å². The summed E-state index contributed by atoms with van der Waals surface area (Å²) in [6.07, 6.45) is 4.16. The van der Waals surface area contributed by atoms with Gasteiger partial charge in [-0.1, -0.05) is 64.8 Å². The summed E-state index contributed by atoms with van der Waals surface area (Å²) in [5, 5.41) is 5.47. The predicted octanol–water partition coefficient (Wildman–Crippen LogP) is 4.06. The number of benzene rings is 2. The summed E-state index contributed by atoms with van der Waals surface area (Å²) in [5.41, 5.74) is 1.10. The molecule has 2 nitrogen and oxygen atoms in total. The lowest BCUT2D eigenvalue weighted by Gasteiger charge is -2.15. The van der Waals surface area contributed by atoms with E-state index >= 15 is 0 Å². The van der Waals surface area contributed by atoms with Gasteiger partial charge in [-0.3, -0.25) is 4.79 Å². The van der Waals surface area contributed by atoms with Gasteiger partial charge in [0.05, 0.1) is 6.42 Å². The molecular weight excluding hydrogens is 326 g/mol. The summed E-state index contributed by atoms with van der Waals surface area (Å²) in [6, 6.07) is 14.4. The third-order valence-corrected chi connectivity index (χ3v) is 5.56. The van der Waals surface area contributed by atoms with Gasteiger partial charge in [0.15, 0.2) is 0 Å². The van der Waals surface area contributed by atoms with E-state index in [0.717, 1.165) is 12.1 Å². The number of alkyl halides is 1. The Kier molecular flexibility index (Phi) is 4.59. The van der Waals surface area contributed by atoms with Crippen molar-refractivity contribution in [1.82, 2.24) is 5.32 Å². The third kappa shape index (κ3) is 3.46. The van der Waals surface area contributed by atoms with Crippen LogP contribution in [0.5, 0.6) is 0 Å². The van der Waals surface area contributed by atoms with Crippen LogP contribution in [0.1, 0.15) is 24.8 Å². The van der Waals surface area contributed by atoms with E-state index in [0.29, 0.717) is 17.2 Å². The second kappa shape index (κ2) is 6.61. The lowest BCUT2D eigenvalue weighted by Crippen LogP contribution is -2.32. The Morgan fingerprint density at radius 3 is 2.76 bits per heavy atom. The molecule has 2 aromatic carbocycles. The van der Waals surface area contributed by atoms with E-state index in [4.69, 9.17) is 0 Å². The van der Waals surface area contributed by atoms with Gasteiger partial charge in [-0.25, -0.2) is 0 Å². The van der Waals surface area contributed by atoms with Crippen LogP contribution in [0.2, 0.25) is 0 Å². The number of hydrogen-bond acceptors (Lipinski definition) is 1. The minimum absolute atomic E-state index is 0.123. The number of hydrogen-bond donors (Lipinski definition) is 1. The van der Waals surface area contributed by atoms with Gasteiger partial charge >= 0.3 is 0 Å². The first-order valence-electron chi connectivity index (χ1n) is 7.61. The highest BCUT2D eigenvalue weighted by Crippen LogP contribution is 2.30. The zero-order valence-electron chi connectivity index (χ0n) is 12.0. The van der Waals surface area contributed by atoms with Gasteiger partial charge in [0.2, 0.25) is 5.91 Å². The number of carbonyl (C=O) groups excluding carboxylic acids is 1. The maximum Gasteiger partial charge on any atom is 0.224 e. The zero-order valence-corrected chi connectivity index (χ0v) is 13.6. The molecule has 1 amide bonds. The minimum atomic E-state index is 0.123. The summed E-state index contributed by atoms with van der Waals surface area (Å²) in [4.78, 5) is 12.8. The lowest BCUT2D eigenvalue weighted by molar-refractivity contribution is -0.120. The van der Waals surface area contributed by atoms with E-state index in [2.05, 4.69) is 39.4 Å². The molecule has 0 aliphatic heterocycles. The van der Waals surface area contributed by atoms with Crippen molar-refractivity contribution in [2.75, 3.05) is 6.54 Å². The van der Waals surface area contributed by atoms with Crippen molar-refractivity contribution in [2.24, 2.45) is 5.92 Å². The molecule has 2 atom stereocenters. The molecule has 1 aliphatic rings. The molecule has 110 valence electrons. The Morgan fingerprint density at radius 2 is 1.95 bits per heavy atom. The summed E-state index contributed by atoms with van der Waals surface area (Å²) < 4.78 is 0. The first-order valence-corrected chi connectivity index (χ1v) is 8.53. The topological polar surface area (TPSA) is 29.1 Å². The zero-order chi connectivity index (χ0) is 14.7. The van der Waals surface area contributed by atoms with E-state index in [1.165, 1.54) is 30.0 Å². The molecule has 3 heteroatoms. The molecule has 0 saturated heterocycles. The molecular formula is C18H20BrNO. The second-order valence-corrected chi connectivity index (χ2v) is 7.00. The van der Waals surface area contributed by atoms with Crippen molar-refractivity contribution < 1.29 is 4.79 Å². The smallest absolute Gasteiger partial charge is 0.224 e. The van der Waals surface area contributed by atoms with Crippen LogP contribution in [0.4, 0.5) is 0 Å². The van der Waals surface area contributed by atoms with Crippen LogP contribution in [0, 0.1) is 5.92 Å². The maximum atomic E-state index is 12.2. The van der Waals surface area contributed by atoms with Crippen LogP contribution >= 0.6 is 15.9 Å². The van der Waals surface area contributed by atoms with Crippen molar-refractivity contribution in [2.45, 2.75) is 30.5 Å². The molecule has 2 aromatic rings. The Balaban J connectivity index is 1.63. The van der Waals surface area contributed by atoms with E-state index in [9.17, 15) is 4.79 Å². The number of amides is 1. The fraction of sp³-hybridized carbons (Fsp3) is 0.389. The average Bonchev–Trinajstić information content (AvgIpc) is 2.91. The van der Waals surface area contributed by atoms with Crippen molar-refractivity contribution in [3.63, 3.8) is 0 Å². The highest BCUT2D eigenvalue weighted by atomic mass is 79.9. The quantitative estimate of drug-likeness (QED) is 0.831. The molecule has 1 N–H and O–H groups in total. The van der Waals surface area contributed by atoms with Crippen molar-refractivity contribution in [1.29, 1.82) is 0 Å². The van der Waals surface area contributed by atoms with Gasteiger partial charge in [-0.05, 0) is 35.1 Å². The molecule has 2 unspecified atom stereocenters. The highest BCUT2D eigenvalue weighted by molar-refractivity contribution is 9.09. The molecule has 0 bridgehead atoms. The number of fused-ring (bicyclic) bond motifs is 1. The van der Waals surface area contributed by atoms with E-state index in [1.807, 2.05) is 24.3 Å². The van der Waals surface area contributed by atoms with Crippen molar-refractivity contribution in [3.8, 4) is 0 Å². The maximum absolute atomic E-state index is 12.2. The van der Waals surface area contributed by atoms with Gasteiger partial charge in [0, 0.05) is 11.4 Å². The molecule has 21 heavy (non-hydrogen) atoms. The van der Waals surface area contributed by atoms with E-state index in [1.54, 1.807) is 0 Å². The molecule has 0 aromatic heterocycles. The Labute approximate surface area is 134 Å². The Hall–Kier alpha value is -1.35. The number of rotatable bonds is 4. The van der Waals surface area contributed by atoms with Crippen LogP contribution in [-0.2, 0) is 11.2 Å². The van der Waals surface area contributed by atoms with Crippen molar-refractivity contribution in [3.05, 3.63) is 48.0 Å². The first kappa shape index (κ1) is 14.6. The van der Waals surface area contributed by atoms with Crippen LogP contribution in [0.25, 0.3) is 10.8 Å². The average molecular weight is 346 g/mol. The summed E-state index contributed by atoms with van der Waals surface area (Å²) in [5.74, 6) is 0.708. The van der Waals surface area contributed by atoms with Gasteiger partial charge in [-0.2, -0.15) is 0 Å². The number of halogens is 1. The fourth-order valence-corrected chi connectivity index (χ4v) is 3.92. The fourth-order valence-electron chi connectivity index (χ4n) is 3.15. The monoisotopic (exact) mass is 345 g/mol. The normalized spacial score (nSPS) is 21.6. The highest BCUT2D eigenvalue weighted by Gasteiger charge is 2.24. The third-order valence-electron chi connectivity index (χ3n) is 4.36. The molecule has 1 fully saturated rings. The summed E-state index contributed by atoms with van der Waals surface area (Å²) >= 11 is 3.70. The van der Waals surface area contributed by atoms with Gasteiger partial charge in [0.1, 0.15) is 0 Å². The van der Waals surface area contributed by atoms with Crippen LogP contribution < -0.4 is 5.32 Å². The molecule has 1 saturated carbocycles.